The third-order valence-corrected chi connectivity index (χ3v) is 3.30. The number of rotatable bonds is 8. The van der Waals surface area contributed by atoms with Crippen molar-refractivity contribution in [2.75, 3.05) is 13.2 Å². The van der Waals surface area contributed by atoms with Crippen LogP contribution in [0.4, 0.5) is 0 Å². The first-order chi connectivity index (χ1) is 9.65. The van der Waals surface area contributed by atoms with Crippen molar-refractivity contribution in [1.29, 1.82) is 0 Å². The standard InChI is InChI=1S/C17H25NO2/c1-3-15-6-8-16(9-7-15)10-11-17(20)18-12-4-5-14(2)13-19/h6-11,14,19H,3-5,12-13H2,1-2H3,(H,18,20)/b11-10+. The van der Waals surface area contributed by atoms with Gasteiger partial charge in [0.05, 0.1) is 0 Å². The maximum absolute atomic E-state index is 11.6. The zero-order valence-corrected chi connectivity index (χ0v) is 12.4. The van der Waals surface area contributed by atoms with E-state index in [4.69, 9.17) is 5.11 Å². The van der Waals surface area contributed by atoms with Crippen LogP contribution in [0.25, 0.3) is 6.08 Å². The predicted octanol–water partition coefficient (Wildman–Crippen LogP) is 2.79. The summed E-state index contributed by atoms with van der Waals surface area (Å²) in [6, 6.07) is 8.19. The fourth-order valence-corrected chi connectivity index (χ4v) is 1.85. The van der Waals surface area contributed by atoms with Gasteiger partial charge in [-0.3, -0.25) is 4.79 Å². The van der Waals surface area contributed by atoms with Gasteiger partial charge >= 0.3 is 0 Å². The molecule has 20 heavy (non-hydrogen) atoms. The van der Waals surface area contributed by atoms with Crippen LogP contribution in [0.2, 0.25) is 0 Å². The lowest BCUT2D eigenvalue weighted by Crippen LogP contribution is -2.22. The Kier molecular flexibility index (Phi) is 7.66. The molecule has 1 rings (SSSR count). The Morgan fingerprint density at radius 3 is 2.65 bits per heavy atom. The van der Waals surface area contributed by atoms with Crippen molar-refractivity contribution >= 4 is 12.0 Å². The summed E-state index contributed by atoms with van der Waals surface area (Å²) >= 11 is 0. The number of amides is 1. The summed E-state index contributed by atoms with van der Waals surface area (Å²) in [6.07, 6.45) is 6.24. The van der Waals surface area contributed by atoms with Gasteiger partial charge in [0.2, 0.25) is 5.91 Å². The molecule has 0 saturated carbocycles. The fourth-order valence-electron chi connectivity index (χ4n) is 1.85. The molecule has 0 aliphatic heterocycles. The number of hydrogen-bond acceptors (Lipinski definition) is 2. The third kappa shape index (κ3) is 6.53. The van der Waals surface area contributed by atoms with Crippen molar-refractivity contribution in [2.24, 2.45) is 5.92 Å². The molecule has 110 valence electrons. The molecule has 0 aliphatic rings. The van der Waals surface area contributed by atoms with Crippen LogP contribution in [0, 0.1) is 5.92 Å². The minimum Gasteiger partial charge on any atom is -0.396 e. The normalized spacial score (nSPS) is 12.6. The molecular weight excluding hydrogens is 250 g/mol. The summed E-state index contributed by atoms with van der Waals surface area (Å²) in [5, 5.41) is 11.7. The van der Waals surface area contributed by atoms with E-state index in [2.05, 4.69) is 24.4 Å². The molecule has 0 heterocycles. The maximum Gasteiger partial charge on any atom is 0.243 e. The van der Waals surface area contributed by atoms with Crippen LogP contribution in [0.1, 0.15) is 37.8 Å². The smallest absolute Gasteiger partial charge is 0.243 e. The summed E-state index contributed by atoms with van der Waals surface area (Å²) in [5.41, 5.74) is 2.33. The second-order valence-electron chi connectivity index (χ2n) is 5.15. The van der Waals surface area contributed by atoms with Crippen molar-refractivity contribution < 1.29 is 9.90 Å². The summed E-state index contributed by atoms with van der Waals surface area (Å²) in [5.74, 6) is 0.237. The Balaban J connectivity index is 2.28. The predicted molar refractivity (Wildman–Crippen MR) is 83.3 cm³/mol. The first-order valence-electron chi connectivity index (χ1n) is 7.31. The molecule has 1 amide bonds. The van der Waals surface area contributed by atoms with Gasteiger partial charge in [0.25, 0.3) is 0 Å². The Morgan fingerprint density at radius 2 is 2.05 bits per heavy atom. The van der Waals surface area contributed by atoms with Crippen LogP contribution in [0.5, 0.6) is 0 Å². The van der Waals surface area contributed by atoms with Crippen molar-refractivity contribution in [1.82, 2.24) is 5.32 Å². The van der Waals surface area contributed by atoms with E-state index in [1.807, 2.05) is 25.1 Å². The number of carbonyl (C=O) groups excluding carboxylic acids is 1. The molecule has 2 N–H and O–H groups in total. The van der Waals surface area contributed by atoms with Gasteiger partial charge < -0.3 is 10.4 Å². The average Bonchev–Trinajstić information content (AvgIpc) is 2.49. The van der Waals surface area contributed by atoms with Crippen LogP contribution >= 0.6 is 0 Å². The van der Waals surface area contributed by atoms with Gasteiger partial charge in [0, 0.05) is 19.2 Å². The van der Waals surface area contributed by atoms with Crippen molar-refractivity contribution in [3.05, 3.63) is 41.5 Å². The Bertz CT molecular complexity index is 423. The minimum atomic E-state index is -0.0683. The molecule has 0 fully saturated rings. The van der Waals surface area contributed by atoms with Crippen LogP contribution < -0.4 is 5.32 Å². The van der Waals surface area contributed by atoms with Gasteiger partial charge in [0.1, 0.15) is 0 Å². The van der Waals surface area contributed by atoms with E-state index < -0.39 is 0 Å². The van der Waals surface area contributed by atoms with Gasteiger partial charge in [-0.1, -0.05) is 38.1 Å². The second-order valence-corrected chi connectivity index (χ2v) is 5.15. The van der Waals surface area contributed by atoms with Gasteiger partial charge in [-0.15, -0.1) is 0 Å². The Hall–Kier alpha value is -1.61. The summed E-state index contributed by atoms with van der Waals surface area (Å²) in [6.45, 7) is 4.99. The molecule has 0 radical (unpaired) electrons. The largest absolute Gasteiger partial charge is 0.396 e. The first-order valence-corrected chi connectivity index (χ1v) is 7.31. The highest BCUT2D eigenvalue weighted by atomic mass is 16.3. The number of aliphatic hydroxyl groups excluding tert-OH is 1. The van der Waals surface area contributed by atoms with Crippen molar-refractivity contribution in [3.8, 4) is 0 Å². The number of nitrogens with one attached hydrogen (secondary N) is 1. The summed E-state index contributed by atoms with van der Waals surface area (Å²) < 4.78 is 0. The summed E-state index contributed by atoms with van der Waals surface area (Å²) in [7, 11) is 0. The maximum atomic E-state index is 11.6. The van der Waals surface area contributed by atoms with Gasteiger partial charge in [-0.25, -0.2) is 0 Å². The van der Waals surface area contributed by atoms with E-state index in [1.165, 1.54) is 5.56 Å². The lowest BCUT2D eigenvalue weighted by molar-refractivity contribution is -0.116. The van der Waals surface area contributed by atoms with Gasteiger partial charge in [-0.05, 0) is 42.4 Å². The van der Waals surface area contributed by atoms with E-state index in [0.717, 1.165) is 24.8 Å². The zero-order valence-electron chi connectivity index (χ0n) is 12.4. The molecule has 1 aromatic rings. The van der Waals surface area contributed by atoms with Crippen LogP contribution in [0.3, 0.4) is 0 Å². The van der Waals surface area contributed by atoms with Crippen LogP contribution in [-0.4, -0.2) is 24.2 Å². The molecule has 0 bridgehead atoms. The van der Waals surface area contributed by atoms with Crippen LogP contribution in [-0.2, 0) is 11.2 Å². The number of benzene rings is 1. The van der Waals surface area contributed by atoms with E-state index in [9.17, 15) is 4.79 Å². The highest BCUT2D eigenvalue weighted by Crippen LogP contribution is 2.06. The highest BCUT2D eigenvalue weighted by molar-refractivity contribution is 5.91. The monoisotopic (exact) mass is 275 g/mol. The molecule has 0 spiro atoms. The number of aryl methyl sites for hydroxylation is 1. The lowest BCUT2D eigenvalue weighted by Gasteiger charge is -2.07. The zero-order chi connectivity index (χ0) is 14.8. The second kappa shape index (κ2) is 9.32. The SMILES string of the molecule is CCc1ccc(/C=C/C(=O)NCCCC(C)CO)cc1. The molecule has 1 unspecified atom stereocenters. The Morgan fingerprint density at radius 1 is 1.35 bits per heavy atom. The number of aliphatic hydroxyl groups is 1. The lowest BCUT2D eigenvalue weighted by atomic mass is 10.1. The molecule has 3 heteroatoms. The van der Waals surface area contributed by atoms with Gasteiger partial charge in [0.15, 0.2) is 0 Å². The summed E-state index contributed by atoms with van der Waals surface area (Å²) in [4.78, 5) is 11.6. The fraction of sp³-hybridized carbons (Fsp3) is 0.471. The first kappa shape index (κ1) is 16.4. The molecule has 0 aromatic heterocycles. The van der Waals surface area contributed by atoms with E-state index in [-0.39, 0.29) is 12.5 Å². The molecule has 3 nitrogen and oxygen atoms in total. The quantitative estimate of drug-likeness (QED) is 0.566. The molecule has 1 atom stereocenters. The molecule has 1 aromatic carbocycles. The highest BCUT2D eigenvalue weighted by Gasteiger charge is 2.00. The minimum absolute atomic E-state index is 0.0683. The molecular formula is C17H25NO2. The number of hydrogen-bond donors (Lipinski definition) is 2. The Labute approximate surface area is 121 Å². The van der Waals surface area contributed by atoms with E-state index >= 15 is 0 Å². The van der Waals surface area contributed by atoms with E-state index in [1.54, 1.807) is 6.08 Å². The van der Waals surface area contributed by atoms with Gasteiger partial charge in [-0.2, -0.15) is 0 Å². The van der Waals surface area contributed by atoms with Crippen molar-refractivity contribution in [3.63, 3.8) is 0 Å². The third-order valence-electron chi connectivity index (χ3n) is 3.30. The van der Waals surface area contributed by atoms with Crippen LogP contribution in [0.15, 0.2) is 30.3 Å². The molecule has 0 saturated heterocycles. The number of carbonyl (C=O) groups is 1. The molecule has 0 aliphatic carbocycles. The average molecular weight is 275 g/mol. The van der Waals surface area contributed by atoms with Crippen molar-refractivity contribution in [2.45, 2.75) is 33.1 Å². The topological polar surface area (TPSA) is 49.3 Å². The van der Waals surface area contributed by atoms with E-state index in [0.29, 0.717) is 12.5 Å².